The standard InChI is InChI=1S/C16H18N4O3/c1-3-6-12-15(20(21)22)14(11-9-17-19-16(11)18-12)10-7-4-5-8-13(10)23-2/h4-5,7-9,14-15H,3,6H2,1-2H3,(H,17,19). The fourth-order valence-corrected chi connectivity index (χ4v) is 3.14. The fraction of sp³-hybridized carbons (Fsp3) is 0.375. The van der Waals surface area contributed by atoms with Crippen LogP contribution < -0.4 is 4.74 Å². The zero-order chi connectivity index (χ0) is 16.4. The minimum atomic E-state index is -0.906. The van der Waals surface area contributed by atoms with Crippen LogP contribution in [0.4, 0.5) is 5.82 Å². The van der Waals surface area contributed by atoms with Crippen LogP contribution in [0.2, 0.25) is 0 Å². The van der Waals surface area contributed by atoms with Gasteiger partial charge in [-0.05, 0) is 12.5 Å². The molecule has 0 spiro atoms. The lowest BCUT2D eigenvalue weighted by atomic mass is 9.81. The number of nitrogens with one attached hydrogen (secondary N) is 1. The molecule has 0 amide bonds. The molecule has 0 radical (unpaired) electrons. The maximum absolute atomic E-state index is 11.8. The molecule has 1 aromatic heterocycles. The number of nitro groups is 1. The van der Waals surface area contributed by atoms with E-state index in [1.165, 1.54) is 0 Å². The van der Waals surface area contributed by atoms with Gasteiger partial charge in [-0.2, -0.15) is 5.10 Å². The number of aromatic nitrogens is 2. The Morgan fingerprint density at radius 2 is 2.13 bits per heavy atom. The van der Waals surface area contributed by atoms with Gasteiger partial charge in [0.2, 0.25) is 0 Å². The number of rotatable bonds is 5. The van der Waals surface area contributed by atoms with Crippen LogP contribution in [0.1, 0.15) is 36.8 Å². The van der Waals surface area contributed by atoms with Crippen molar-refractivity contribution in [1.29, 1.82) is 0 Å². The van der Waals surface area contributed by atoms with Gasteiger partial charge in [-0.15, -0.1) is 0 Å². The van der Waals surface area contributed by atoms with Crippen molar-refractivity contribution in [3.63, 3.8) is 0 Å². The Hall–Kier alpha value is -2.70. The highest BCUT2D eigenvalue weighted by molar-refractivity contribution is 5.94. The monoisotopic (exact) mass is 314 g/mol. The lowest BCUT2D eigenvalue weighted by molar-refractivity contribution is -0.505. The lowest BCUT2D eigenvalue weighted by Gasteiger charge is -2.26. The first-order valence-electron chi connectivity index (χ1n) is 7.54. The molecule has 0 fully saturated rings. The summed E-state index contributed by atoms with van der Waals surface area (Å²) in [4.78, 5) is 16.0. The second-order valence-corrected chi connectivity index (χ2v) is 5.48. The van der Waals surface area contributed by atoms with Crippen LogP contribution in [0.3, 0.4) is 0 Å². The second kappa shape index (κ2) is 6.20. The Labute approximate surface area is 133 Å². The van der Waals surface area contributed by atoms with Gasteiger partial charge in [-0.1, -0.05) is 31.5 Å². The van der Waals surface area contributed by atoms with E-state index < -0.39 is 12.0 Å². The summed E-state index contributed by atoms with van der Waals surface area (Å²) in [7, 11) is 1.57. The van der Waals surface area contributed by atoms with Gasteiger partial charge in [0, 0.05) is 16.1 Å². The minimum absolute atomic E-state index is 0.248. The highest BCUT2D eigenvalue weighted by Gasteiger charge is 2.44. The molecule has 0 aliphatic carbocycles. The first kappa shape index (κ1) is 15.2. The van der Waals surface area contributed by atoms with Gasteiger partial charge in [0.1, 0.15) is 5.75 Å². The topological polar surface area (TPSA) is 93.4 Å². The number of ether oxygens (including phenoxy) is 1. The van der Waals surface area contributed by atoms with Crippen LogP contribution in [0.25, 0.3) is 0 Å². The Balaban J connectivity index is 2.20. The molecule has 0 bridgehead atoms. The van der Waals surface area contributed by atoms with Crippen LogP contribution in [-0.2, 0) is 0 Å². The summed E-state index contributed by atoms with van der Waals surface area (Å²) < 4.78 is 5.42. The molecular weight excluding hydrogens is 296 g/mol. The highest BCUT2D eigenvalue weighted by atomic mass is 16.6. The Bertz CT molecular complexity index is 753. The van der Waals surface area contributed by atoms with Gasteiger partial charge in [0.25, 0.3) is 6.04 Å². The van der Waals surface area contributed by atoms with E-state index in [2.05, 4.69) is 15.2 Å². The molecular formula is C16H18N4O3. The normalized spacial score (nSPS) is 19.8. The number of hydrogen-bond acceptors (Lipinski definition) is 5. The van der Waals surface area contributed by atoms with Crippen LogP contribution in [-0.4, -0.2) is 34.0 Å². The van der Waals surface area contributed by atoms with Crippen molar-refractivity contribution in [3.8, 4) is 5.75 Å². The van der Waals surface area contributed by atoms with Crippen molar-refractivity contribution < 1.29 is 9.66 Å². The number of benzene rings is 1. The number of hydrogen-bond donors (Lipinski definition) is 1. The van der Waals surface area contributed by atoms with Crippen molar-refractivity contribution in [2.75, 3.05) is 7.11 Å². The average Bonchev–Trinajstić information content (AvgIpc) is 3.01. The molecule has 7 heteroatoms. The van der Waals surface area contributed by atoms with Gasteiger partial charge in [-0.25, -0.2) is 4.99 Å². The number of methoxy groups -OCH3 is 1. The zero-order valence-corrected chi connectivity index (χ0v) is 13.0. The summed E-state index contributed by atoms with van der Waals surface area (Å²) in [6, 6.07) is 6.49. The van der Waals surface area contributed by atoms with E-state index in [1.54, 1.807) is 13.3 Å². The molecule has 2 unspecified atom stereocenters. The predicted octanol–water partition coefficient (Wildman–Crippen LogP) is 3.08. The quantitative estimate of drug-likeness (QED) is 0.678. The Kier molecular flexibility index (Phi) is 4.10. The van der Waals surface area contributed by atoms with Gasteiger partial charge in [0.15, 0.2) is 5.82 Å². The number of aliphatic imine (C=N–C) groups is 1. The number of para-hydroxylation sites is 1. The summed E-state index contributed by atoms with van der Waals surface area (Å²) in [6.45, 7) is 1.99. The molecule has 7 nitrogen and oxygen atoms in total. The molecule has 1 aliphatic heterocycles. The summed E-state index contributed by atoms with van der Waals surface area (Å²) in [5, 5.41) is 18.7. The molecule has 23 heavy (non-hydrogen) atoms. The predicted molar refractivity (Wildman–Crippen MR) is 86.2 cm³/mol. The van der Waals surface area contributed by atoms with Crippen molar-refractivity contribution >= 4 is 11.5 Å². The maximum Gasteiger partial charge on any atom is 0.262 e. The maximum atomic E-state index is 11.8. The van der Waals surface area contributed by atoms with E-state index >= 15 is 0 Å². The largest absolute Gasteiger partial charge is 0.496 e. The van der Waals surface area contributed by atoms with E-state index in [9.17, 15) is 10.1 Å². The van der Waals surface area contributed by atoms with Crippen molar-refractivity contribution in [3.05, 3.63) is 51.7 Å². The van der Waals surface area contributed by atoms with Crippen molar-refractivity contribution in [2.24, 2.45) is 4.99 Å². The lowest BCUT2D eigenvalue weighted by Crippen LogP contribution is -2.38. The van der Waals surface area contributed by atoms with E-state index in [0.29, 0.717) is 23.7 Å². The molecule has 2 heterocycles. The van der Waals surface area contributed by atoms with Crippen molar-refractivity contribution in [2.45, 2.75) is 31.7 Å². The zero-order valence-electron chi connectivity index (χ0n) is 13.0. The van der Waals surface area contributed by atoms with E-state index in [1.807, 2.05) is 31.2 Å². The summed E-state index contributed by atoms with van der Waals surface area (Å²) in [5.41, 5.74) is 2.09. The third-order valence-electron chi connectivity index (χ3n) is 4.10. The molecule has 1 aliphatic rings. The highest BCUT2D eigenvalue weighted by Crippen LogP contribution is 2.42. The third-order valence-corrected chi connectivity index (χ3v) is 4.10. The minimum Gasteiger partial charge on any atom is -0.496 e. The number of aromatic amines is 1. The van der Waals surface area contributed by atoms with Crippen LogP contribution in [0, 0.1) is 10.1 Å². The van der Waals surface area contributed by atoms with Gasteiger partial charge in [-0.3, -0.25) is 15.2 Å². The molecule has 1 N–H and O–H groups in total. The molecule has 2 aromatic rings. The third kappa shape index (κ3) is 2.58. The van der Waals surface area contributed by atoms with E-state index in [0.717, 1.165) is 17.5 Å². The fourth-order valence-electron chi connectivity index (χ4n) is 3.14. The SMILES string of the molecule is CCCC1=Nc2[nH]ncc2C(c2ccccc2OC)C1[N+](=O)[O-]. The Morgan fingerprint density at radius 3 is 2.83 bits per heavy atom. The van der Waals surface area contributed by atoms with E-state index in [-0.39, 0.29) is 4.92 Å². The number of nitrogens with zero attached hydrogens (tertiary/aromatic N) is 3. The molecule has 0 saturated carbocycles. The molecule has 0 saturated heterocycles. The summed E-state index contributed by atoms with van der Waals surface area (Å²) >= 11 is 0. The first-order valence-corrected chi connectivity index (χ1v) is 7.54. The molecule has 1 aromatic carbocycles. The Morgan fingerprint density at radius 1 is 1.35 bits per heavy atom. The van der Waals surface area contributed by atoms with E-state index in [4.69, 9.17) is 4.74 Å². The number of fused-ring (bicyclic) bond motifs is 1. The van der Waals surface area contributed by atoms with Crippen LogP contribution in [0.5, 0.6) is 5.75 Å². The molecule has 2 atom stereocenters. The first-order chi connectivity index (χ1) is 11.2. The smallest absolute Gasteiger partial charge is 0.262 e. The second-order valence-electron chi connectivity index (χ2n) is 5.48. The van der Waals surface area contributed by atoms with Gasteiger partial charge in [0.05, 0.1) is 24.9 Å². The van der Waals surface area contributed by atoms with Gasteiger partial charge >= 0.3 is 0 Å². The molecule has 3 rings (SSSR count). The van der Waals surface area contributed by atoms with Crippen molar-refractivity contribution in [1.82, 2.24) is 10.2 Å². The van der Waals surface area contributed by atoms with Gasteiger partial charge < -0.3 is 4.74 Å². The summed E-state index contributed by atoms with van der Waals surface area (Å²) in [6.07, 6.45) is 3.00. The average molecular weight is 314 g/mol. The summed E-state index contributed by atoms with van der Waals surface area (Å²) in [5.74, 6) is 0.769. The molecule has 120 valence electrons. The van der Waals surface area contributed by atoms with Crippen LogP contribution in [0.15, 0.2) is 35.5 Å². The van der Waals surface area contributed by atoms with Crippen LogP contribution >= 0.6 is 0 Å². The number of H-pyrrole nitrogens is 1.